The summed E-state index contributed by atoms with van der Waals surface area (Å²) in [5.41, 5.74) is -1.20. The van der Waals surface area contributed by atoms with Gasteiger partial charge in [-0.1, -0.05) is 0 Å². The predicted molar refractivity (Wildman–Crippen MR) is 76.3 cm³/mol. The molecule has 0 atom stereocenters. The predicted octanol–water partition coefficient (Wildman–Crippen LogP) is 3.90. The Bertz CT molecular complexity index is 834. The van der Waals surface area contributed by atoms with Crippen LogP contribution in [0.25, 0.3) is 11.3 Å². The highest BCUT2D eigenvalue weighted by Gasteiger charge is 2.36. The van der Waals surface area contributed by atoms with Crippen LogP contribution < -0.4 is 5.32 Å². The number of hydrogen-bond acceptors (Lipinski definition) is 5. The molecule has 9 heteroatoms. The molecule has 24 heavy (non-hydrogen) atoms. The molecule has 3 heterocycles. The summed E-state index contributed by atoms with van der Waals surface area (Å²) < 4.78 is 57.9. The Morgan fingerprint density at radius 3 is 2.58 bits per heavy atom. The second-order valence-electron chi connectivity index (χ2n) is 4.80. The Labute approximate surface area is 133 Å². The molecule has 3 rings (SSSR count). The van der Waals surface area contributed by atoms with Crippen molar-refractivity contribution in [3.8, 4) is 11.3 Å². The number of nitrogens with one attached hydrogen (secondary N) is 1. The number of alkyl halides is 3. The third kappa shape index (κ3) is 3.50. The van der Waals surface area contributed by atoms with E-state index in [1.807, 2.05) is 0 Å². The number of nitrogens with zero attached hydrogens (tertiary/aromatic N) is 3. The van der Waals surface area contributed by atoms with Gasteiger partial charge in [-0.2, -0.15) is 13.2 Å². The van der Waals surface area contributed by atoms with Crippen molar-refractivity contribution in [3.63, 3.8) is 0 Å². The van der Waals surface area contributed by atoms with Crippen LogP contribution in [0.5, 0.6) is 0 Å². The molecule has 0 saturated carbocycles. The smallest absolute Gasteiger partial charge is 0.435 e. The second-order valence-corrected chi connectivity index (χ2v) is 4.80. The molecule has 124 valence electrons. The van der Waals surface area contributed by atoms with Crippen LogP contribution in [-0.4, -0.2) is 15.0 Å². The van der Waals surface area contributed by atoms with E-state index in [2.05, 4.69) is 20.3 Å². The van der Waals surface area contributed by atoms with E-state index < -0.39 is 17.7 Å². The number of aromatic nitrogens is 3. The van der Waals surface area contributed by atoms with Crippen LogP contribution in [0.4, 0.5) is 23.2 Å². The molecule has 0 fully saturated rings. The van der Waals surface area contributed by atoms with E-state index in [1.165, 1.54) is 30.9 Å². The van der Waals surface area contributed by atoms with E-state index >= 15 is 0 Å². The monoisotopic (exact) mass is 338 g/mol. The van der Waals surface area contributed by atoms with Crippen molar-refractivity contribution in [2.45, 2.75) is 12.7 Å². The van der Waals surface area contributed by atoms with Gasteiger partial charge < -0.3 is 9.73 Å². The van der Waals surface area contributed by atoms with E-state index in [0.717, 1.165) is 12.3 Å². The highest BCUT2D eigenvalue weighted by Crippen LogP contribution is 2.35. The summed E-state index contributed by atoms with van der Waals surface area (Å²) in [6.07, 6.45) is 0.0929. The van der Waals surface area contributed by atoms with E-state index in [-0.39, 0.29) is 23.5 Å². The van der Waals surface area contributed by atoms with Gasteiger partial charge in [0, 0.05) is 11.8 Å². The third-order valence-corrected chi connectivity index (χ3v) is 3.10. The minimum absolute atomic E-state index is 0.0195. The minimum atomic E-state index is -4.68. The standard InChI is InChI=1S/C15H10F4N4O/c16-10-3-9(4-20-5-10)12-1-2-13(14(23-12)15(17,18)19)22-7-11-6-21-8-24-11/h1-6,8,22H,7H2. The molecule has 0 spiro atoms. The molecule has 0 aliphatic rings. The first-order valence-electron chi connectivity index (χ1n) is 6.74. The summed E-state index contributed by atoms with van der Waals surface area (Å²) in [7, 11) is 0. The lowest BCUT2D eigenvalue weighted by atomic mass is 10.1. The highest BCUT2D eigenvalue weighted by atomic mass is 19.4. The lowest BCUT2D eigenvalue weighted by molar-refractivity contribution is -0.140. The SMILES string of the molecule is Fc1cncc(-c2ccc(NCc3cnco3)c(C(F)(F)F)n2)c1. The molecule has 0 bridgehead atoms. The Morgan fingerprint density at radius 2 is 1.92 bits per heavy atom. The molecule has 3 aromatic heterocycles. The first-order chi connectivity index (χ1) is 11.4. The summed E-state index contributed by atoms with van der Waals surface area (Å²) in [4.78, 5) is 10.9. The summed E-state index contributed by atoms with van der Waals surface area (Å²) in [6.45, 7) is 0.0195. The normalized spacial score (nSPS) is 11.5. The molecule has 0 aliphatic heterocycles. The van der Waals surface area contributed by atoms with Gasteiger partial charge in [0.15, 0.2) is 12.1 Å². The Hall–Kier alpha value is -2.97. The van der Waals surface area contributed by atoms with Crippen LogP contribution in [0.3, 0.4) is 0 Å². The van der Waals surface area contributed by atoms with Crippen LogP contribution in [0, 0.1) is 5.82 Å². The van der Waals surface area contributed by atoms with Gasteiger partial charge in [-0.3, -0.25) is 4.98 Å². The van der Waals surface area contributed by atoms with Crippen LogP contribution in [0.1, 0.15) is 11.5 Å². The Morgan fingerprint density at radius 1 is 1.08 bits per heavy atom. The summed E-state index contributed by atoms with van der Waals surface area (Å²) in [5.74, 6) is -0.281. The van der Waals surface area contributed by atoms with Gasteiger partial charge in [-0.05, 0) is 18.2 Å². The fraction of sp³-hybridized carbons (Fsp3) is 0.133. The Balaban J connectivity index is 1.94. The van der Waals surface area contributed by atoms with E-state index in [0.29, 0.717) is 5.76 Å². The zero-order valence-corrected chi connectivity index (χ0v) is 12.0. The van der Waals surface area contributed by atoms with Gasteiger partial charge in [-0.25, -0.2) is 14.4 Å². The van der Waals surface area contributed by atoms with Gasteiger partial charge in [0.05, 0.1) is 30.3 Å². The van der Waals surface area contributed by atoms with Gasteiger partial charge in [0.2, 0.25) is 0 Å². The summed E-state index contributed by atoms with van der Waals surface area (Å²) in [6, 6.07) is 3.65. The first kappa shape index (κ1) is 15.9. The second kappa shape index (κ2) is 6.26. The molecule has 0 aromatic carbocycles. The van der Waals surface area contributed by atoms with Crippen LogP contribution in [0.15, 0.2) is 47.6 Å². The van der Waals surface area contributed by atoms with Crippen molar-refractivity contribution in [2.24, 2.45) is 0 Å². The van der Waals surface area contributed by atoms with Gasteiger partial charge in [0.25, 0.3) is 0 Å². The third-order valence-electron chi connectivity index (χ3n) is 3.10. The van der Waals surface area contributed by atoms with Gasteiger partial charge >= 0.3 is 6.18 Å². The zero-order valence-electron chi connectivity index (χ0n) is 12.0. The quantitative estimate of drug-likeness (QED) is 0.731. The number of halogens is 4. The molecule has 0 radical (unpaired) electrons. The molecule has 1 N–H and O–H groups in total. The summed E-state index contributed by atoms with van der Waals surface area (Å²) >= 11 is 0. The number of rotatable bonds is 4. The lowest BCUT2D eigenvalue weighted by Crippen LogP contribution is -2.13. The maximum absolute atomic E-state index is 13.3. The maximum atomic E-state index is 13.3. The van der Waals surface area contributed by atoms with E-state index in [9.17, 15) is 17.6 Å². The molecular weight excluding hydrogens is 328 g/mol. The van der Waals surface area contributed by atoms with Crippen molar-refractivity contribution < 1.29 is 22.0 Å². The van der Waals surface area contributed by atoms with Crippen LogP contribution in [0.2, 0.25) is 0 Å². The molecule has 0 saturated heterocycles. The summed E-state index contributed by atoms with van der Waals surface area (Å²) in [5, 5.41) is 2.61. The zero-order chi connectivity index (χ0) is 17.2. The fourth-order valence-corrected chi connectivity index (χ4v) is 2.04. The molecule has 5 nitrogen and oxygen atoms in total. The molecule has 3 aromatic rings. The molecule has 0 amide bonds. The van der Waals surface area contributed by atoms with Gasteiger partial charge in [0.1, 0.15) is 11.6 Å². The molecule has 0 unspecified atom stereocenters. The topological polar surface area (TPSA) is 63.8 Å². The van der Waals surface area contributed by atoms with Crippen molar-refractivity contribution in [1.82, 2.24) is 15.0 Å². The highest BCUT2D eigenvalue weighted by molar-refractivity contribution is 5.62. The molecule has 0 aliphatic carbocycles. The van der Waals surface area contributed by atoms with Crippen molar-refractivity contribution in [3.05, 3.63) is 60.5 Å². The van der Waals surface area contributed by atoms with Gasteiger partial charge in [-0.15, -0.1) is 0 Å². The average Bonchev–Trinajstić information content (AvgIpc) is 3.05. The van der Waals surface area contributed by atoms with E-state index in [1.54, 1.807) is 0 Å². The molecular formula is C15H10F4N4O. The number of hydrogen-bond donors (Lipinski definition) is 1. The number of anilines is 1. The fourth-order valence-electron chi connectivity index (χ4n) is 2.04. The van der Waals surface area contributed by atoms with Crippen molar-refractivity contribution in [1.29, 1.82) is 0 Å². The number of oxazole rings is 1. The Kier molecular flexibility index (Phi) is 4.15. The number of pyridine rings is 2. The minimum Gasteiger partial charge on any atom is -0.447 e. The van der Waals surface area contributed by atoms with Crippen LogP contribution >= 0.6 is 0 Å². The maximum Gasteiger partial charge on any atom is 0.435 e. The average molecular weight is 338 g/mol. The van der Waals surface area contributed by atoms with Crippen molar-refractivity contribution >= 4 is 5.69 Å². The van der Waals surface area contributed by atoms with E-state index in [4.69, 9.17) is 4.42 Å². The largest absolute Gasteiger partial charge is 0.447 e. The van der Waals surface area contributed by atoms with Crippen LogP contribution in [-0.2, 0) is 12.7 Å². The van der Waals surface area contributed by atoms with Crippen molar-refractivity contribution in [2.75, 3.05) is 5.32 Å². The first-order valence-corrected chi connectivity index (χ1v) is 6.74. The lowest BCUT2D eigenvalue weighted by Gasteiger charge is -2.14.